The molecular formula is C14H22N2O. The Kier molecular flexibility index (Phi) is 3.29. The van der Waals surface area contributed by atoms with Gasteiger partial charge in [-0.25, -0.2) is 0 Å². The van der Waals surface area contributed by atoms with E-state index in [1.165, 1.54) is 12.8 Å². The van der Waals surface area contributed by atoms with E-state index in [-0.39, 0.29) is 0 Å². The van der Waals surface area contributed by atoms with Crippen LogP contribution in [-0.4, -0.2) is 23.1 Å². The summed E-state index contributed by atoms with van der Waals surface area (Å²) in [6.45, 7) is 7.64. The molecule has 1 aliphatic rings. The first kappa shape index (κ1) is 12.2. The van der Waals surface area contributed by atoms with Crippen LogP contribution in [0.4, 0.5) is 5.69 Å². The van der Waals surface area contributed by atoms with Gasteiger partial charge in [0.15, 0.2) is 0 Å². The van der Waals surface area contributed by atoms with Gasteiger partial charge in [-0.3, -0.25) is 4.90 Å². The van der Waals surface area contributed by atoms with Crippen molar-refractivity contribution in [2.24, 2.45) is 5.41 Å². The highest BCUT2D eigenvalue weighted by molar-refractivity contribution is 5.47. The van der Waals surface area contributed by atoms with E-state index in [0.29, 0.717) is 11.2 Å². The largest absolute Gasteiger partial charge is 0.508 e. The lowest BCUT2D eigenvalue weighted by atomic mass is 9.82. The molecule has 1 aromatic carbocycles. The number of phenolic OH excluding ortho intramolecular Hbond substituents is 1. The van der Waals surface area contributed by atoms with Crippen LogP contribution >= 0.6 is 0 Å². The van der Waals surface area contributed by atoms with E-state index < -0.39 is 0 Å². The van der Waals surface area contributed by atoms with Crippen LogP contribution in [0.5, 0.6) is 5.75 Å². The molecule has 1 saturated heterocycles. The molecule has 3 N–H and O–H groups in total. The molecule has 0 atom stereocenters. The highest BCUT2D eigenvalue weighted by atomic mass is 16.3. The van der Waals surface area contributed by atoms with Crippen LogP contribution in [0.25, 0.3) is 0 Å². The third kappa shape index (κ3) is 3.13. The van der Waals surface area contributed by atoms with Crippen LogP contribution in [0.2, 0.25) is 0 Å². The SMILES string of the molecule is CC1(C)CCN(Cc2cc(N)ccc2O)CC1. The minimum atomic E-state index is 0.351. The summed E-state index contributed by atoms with van der Waals surface area (Å²) in [6.07, 6.45) is 2.44. The summed E-state index contributed by atoms with van der Waals surface area (Å²) in [6, 6.07) is 5.28. The van der Waals surface area contributed by atoms with E-state index in [2.05, 4.69) is 18.7 Å². The predicted molar refractivity (Wildman–Crippen MR) is 70.8 cm³/mol. The van der Waals surface area contributed by atoms with Gasteiger partial charge in [0.1, 0.15) is 5.75 Å². The predicted octanol–water partition coefficient (Wildman–Crippen LogP) is 2.60. The van der Waals surface area contributed by atoms with Crippen molar-refractivity contribution in [2.45, 2.75) is 33.2 Å². The maximum atomic E-state index is 9.79. The summed E-state index contributed by atoms with van der Waals surface area (Å²) < 4.78 is 0. The van der Waals surface area contributed by atoms with Gasteiger partial charge < -0.3 is 10.8 Å². The van der Waals surface area contributed by atoms with Crippen molar-refractivity contribution < 1.29 is 5.11 Å². The Morgan fingerprint density at radius 3 is 2.59 bits per heavy atom. The van der Waals surface area contributed by atoms with Gasteiger partial charge in [-0.1, -0.05) is 13.8 Å². The van der Waals surface area contributed by atoms with E-state index in [1.807, 2.05) is 6.07 Å². The molecule has 1 aromatic rings. The van der Waals surface area contributed by atoms with Gasteiger partial charge in [-0.2, -0.15) is 0 Å². The normalized spacial score (nSPS) is 20.4. The number of benzene rings is 1. The molecule has 0 unspecified atom stereocenters. The van der Waals surface area contributed by atoms with Crippen LogP contribution in [0, 0.1) is 5.41 Å². The first-order valence-corrected chi connectivity index (χ1v) is 6.26. The number of hydrogen-bond acceptors (Lipinski definition) is 3. The van der Waals surface area contributed by atoms with Crippen molar-refractivity contribution in [3.8, 4) is 5.75 Å². The van der Waals surface area contributed by atoms with Crippen LogP contribution in [0.1, 0.15) is 32.3 Å². The average molecular weight is 234 g/mol. The molecule has 17 heavy (non-hydrogen) atoms. The molecule has 1 fully saturated rings. The van der Waals surface area contributed by atoms with Crippen LogP contribution in [0.3, 0.4) is 0 Å². The Hall–Kier alpha value is -1.22. The van der Waals surface area contributed by atoms with E-state index in [0.717, 1.165) is 30.9 Å². The highest BCUT2D eigenvalue weighted by Crippen LogP contribution is 2.31. The quantitative estimate of drug-likeness (QED) is 0.611. The maximum absolute atomic E-state index is 9.79. The molecule has 3 nitrogen and oxygen atoms in total. The number of nitrogen functional groups attached to an aromatic ring is 1. The minimum absolute atomic E-state index is 0.351. The third-order valence-corrected chi connectivity index (χ3v) is 3.71. The second kappa shape index (κ2) is 4.57. The standard InChI is InChI=1S/C14H22N2O/c1-14(2)5-7-16(8-6-14)10-11-9-12(15)3-4-13(11)17/h3-4,9,17H,5-8,10,15H2,1-2H3. The first-order chi connectivity index (χ1) is 7.96. The molecule has 0 aliphatic carbocycles. The molecule has 1 aliphatic heterocycles. The summed E-state index contributed by atoms with van der Waals surface area (Å²) in [5.41, 5.74) is 7.87. The van der Waals surface area contributed by atoms with Gasteiger partial charge in [0.05, 0.1) is 0 Å². The Morgan fingerprint density at radius 1 is 1.29 bits per heavy atom. The number of anilines is 1. The molecule has 0 spiro atoms. The van der Waals surface area contributed by atoms with Crippen molar-refractivity contribution >= 4 is 5.69 Å². The summed E-state index contributed by atoms with van der Waals surface area (Å²) in [5, 5.41) is 9.79. The van der Waals surface area contributed by atoms with Crippen molar-refractivity contribution in [1.82, 2.24) is 4.90 Å². The summed E-state index contributed by atoms with van der Waals surface area (Å²) in [4.78, 5) is 2.39. The first-order valence-electron chi connectivity index (χ1n) is 6.26. The fraction of sp³-hybridized carbons (Fsp3) is 0.571. The molecule has 3 heteroatoms. The monoisotopic (exact) mass is 234 g/mol. The summed E-state index contributed by atoms with van der Waals surface area (Å²) in [7, 11) is 0. The Balaban J connectivity index is 2.00. The molecule has 94 valence electrons. The van der Waals surface area contributed by atoms with Gasteiger partial charge >= 0.3 is 0 Å². The van der Waals surface area contributed by atoms with Crippen LogP contribution < -0.4 is 5.73 Å². The number of likely N-dealkylation sites (tertiary alicyclic amines) is 1. The van der Waals surface area contributed by atoms with Gasteiger partial charge in [0.2, 0.25) is 0 Å². The summed E-state index contributed by atoms with van der Waals surface area (Å²) in [5.74, 6) is 0.351. The number of aromatic hydroxyl groups is 1. The van der Waals surface area contributed by atoms with Gasteiger partial charge in [0.25, 0.3) is 0 Å². The minimum Gasteiger partial charge on any atom is -0.508 e. The lowest BCUT2D eigenvalue weighted by Gasteiger charge is -2.37. The third-order valence-electron chi connectivity index (χ3n) is 3.71. The van der Waals surface area contributed by atoms with E-state index in [9.17, 15) is 5.11 Å². The molecule has 2 rings (SSSR count). The topological polar surface area (TPSA) is 49.5 Å². The van der Waals surface area contributed by atoms with E-state index in [1.54, 1.807) is 12.1 Å². The van der Waals surface area contributed by atoms with Crippen LogP contribution in [-0.2, 0) is 6.54 Å². The van der Waals surface area contributed by atoms with Gasteiger partial charge in [0, 0.05) is 17.8 Å². The molecule has 0 radical (unpaired) electrons. The zero-order valence-electron chi connectivity index (χ0n) is 10.7. The lowest BCUT2D eigenvalue weighted by Crippen LogP contribution is -2.36. The highest BCUT2D eigenvalue weighted by Gasteiger charge is 2.25. The number of rotatable bonds is 2. The Morgan fingerprint density at radius 2 is 1.94 bits per heavy atom. The molecule has 0 saturated carbocycles. The van der Waals surface area contributed by atoms with Crippen molar-refractivity contribution in [3.63, 3.8) is 0 Å². The molecule has 0 bridgehead atoms. The van der Waals surface area contributed by atoms with Crippen molar-refractivity contribution in [2.75, 3.05) is 18.8 Å². The zero-order chi connectivity index (χ0) is 12.5. The molecule has 0 aromatic heterocycles. The zero-order valence-corrected chi connectivity index (χ0v) is 10.7. The van der Waals surface area contributed by atoms with E-state index >= 15 is 0 Å². The fourth-order valence-corrected chi connectivity index (χ4v) is 2.29. The van der Waals surface area contributed by atoms with Gasteiger partial charge in [-0.05, 0) is 49.5 Å². The maximum Gasteiger partial charge on any atom is 0.120 e. The number of hydrogen-bond donors (Lipinski definition) is 2. The van der Waals surface area contributed by atoms with Crippen molar-refractivity contribution in [3.05, 3.63) is 23.8 Å². The van der Waals surface area contributed by atoms with Crippen molar-refractivity contribution in [1.29, 1.82) is 0 Å². The Labute approximate surface area is 103 Å². The van der Waals surface area contributed by atoms with Crippen LogP contribution in [0.15, 0.2) is 18.2 Å². The number of phenols is 1. The van der Waals surface area contributed by atoms with E-state index in [4.69, 9.17) is 5.73 Å². The average Bonchev–Trinajstić information content (AvgIpc) is 2.26. The second-order valence-electron chi connectivity index (χ2n) is 5.83. The van der Waals surface area contributed by atoms with Gasteiger partial charge in [-0.15, -0.1) is 0 Å². The molecule has 1 heterocycles. The fourth-order valence-electron chi connectivity index (χ4n) is 2.29. The molecular weight excluding hydrogens is 212 g/mol. The number of nitrogens with two attached hydrogens (primary N) is 1. The Bertz CT molecular complexity index is 391. The lowest BCUT2D eigenvalue weighted by molar-refractivity contribution is 0.126. The number of piperidine rings is 1. The second-order valence-corrected chi connectivity index (χ2v) is 5.83. The summed E-state index contributed by atoms with van der Waals surface area (Å²) >= 11 is 0. The number of nitrogens with zero attached hydrogens (tertiary/aromatic N) is 1. The smallest absolute Gasteiger partial charge is 0.120 e. The molecule has 0 amide bonds.